The molecule has 9 heteroatoms. The van der Waals surface area contributed by atoms with E-state index in [2.05, 4.69) is 10.1 Å². The van der Waals surface area contributed by atoms with Crippen molar-refractivity contribution in [2.24, 2.45) is 0 Å². The van der Waals surface area contributed by atoms with Crippen molar-refractivity contribution in [3.05, 3.63) is 70.0 Å². The number of halogens is 5. The van der Waals surface area contributed by atoms with Crippen LogP contribution in [0.4, 0.5) is 17.6 Å². The van der Waals surface area contributed by atoms with Crippen LogP contribution < -0.4 is 5.32 Å². The lowest BCUT2D eigenvalue weighted by Crippen LogP contribution is -2.28. The predicted octanol–water partition coefficient (Wildman–Crippen LogP) is 3.97. The van der Waals surface area contributed by atoms with Gasteiger partial charge in [-0.3, -0.25) is 4.79 Å². The molecule has 0 unspecified atom stereocenters. The van der Waals surface area contributed by atoms with Gasteiger partial charge >= 0.3 is 12.1 Å². The predicted molar refractivity (Wildman–Crippen MR) is 85.0 cm³/mol. The first kappa shape index (κ1) is 19.7. The standard InChI is InChI=1S/C17H12ClF4NO3/c18-12-5-6-14(19)13(7-12)16(25)26-9-15(24)23-8-10-1-3-11(4-2-10)17(20,21)22/h1-7H,8-9H2,(H,23,24). The van der Waals surface area contributed by atoms with Crippen LogP contribution >= 0.6 is 11.6 Å². The molecule has 0 fully saturated rings. The summed E-state index contributed by atoms with van der Waals surface area (Å²) < 4.78 is 55.5. The molecular weight excluding hydrogens is 378 g/mol. The highest BCUT2D eigenvalue weighted by atomic mass is 35.5. The van der Waals surface area contributed by atoms with Crippen molar-refractivity contribution in [2.75, 3.05) is 6.61 Å². The summed E-state index contributed by atoms with van der Waals surface area (Å²) in [6, 6.07) is 7.53. The molecule has 0 saturated carbocycles. The highest BCUT2D eigenvalue weighted by Gasteiger charge is 2.29. The van der Waals surface area contributed by atoms with Crippen LogP contribution in [0.25, 0.3) is 0 Å². The summed E-state index contributed by atoms with van der Waals surface area (Å²) in [5.74, 6) is -2.60. The van der Waals surface area contributed by atoms with Crippen LogP contribution in [0.1, 0.15) is 21.5 Å². The molecular formula is C17H12ClF4NO3. The number of benzene rings is 2. The molecule has 0 spiro atoms. The molecule has 0 radical (unpaired) electrons. The van der Waals surface area contributed by atoms with Gasteiger partial charge in [-0.05, 0) is 35.9 Å². The first-order valence-corrected chi connectivity index (χ1v) is 7.59. The fourth-order valence-corrected chi connectivity index (χ4v) is 2.10. The molecule has 1 N–H and O–H groups in total. The van der Waals surface area contributed by atoms with Crippen LogP contribution in [0.3, 0.4) is 0 Å². The number of alkyl halides is 3. The topological polar surface area (TPSA) is 55.4 Å². The molecule has 0 heterocycles. The zero-order valence-corrected chi connectivity index (χ0v) is 13.8. The molecule has 2 aromatic rings. The van der Waals surface area contributed by atoms with E-state index < -0.39 is 41.6 Å². The summed E-state index contributed by atoms with van der Waals surface area (Å²) in [7, 11) is 0. The van der Waals surface area contributed by atoms with Crippen molar-refractivity contribution in [1.82, 2.24) is 5.32 Å². The molecule has 2 aromatic carbocycles. The molecule has 2 rings (SSSR count). The van der Waals surface area contributed by atoms with E-state index in [4.69, 9.17) is 11.6 Å². The largest absolute Gasteiger partial charge is 0.452 e. The molecule has 0 aromatic heterocycles. The van der Waals surface area contributed by atoms with E-state index in [0.29, 0.717) is 5.56 Å². The van der Waals surface area contributed by atoms with Gasteiger partial charge < -0.3 is 10.1 Å². The Morgan fingerprint density at radius 1 is 1.08 bits per heavy atom. The van der Waals surface area contributed by atoms with Gasteiger partial charge in [0.1, 0.15) is 5.82 Å². The van der Waals surface area contributed by atoms with Gasteiger partial charge in [-0.25, -0.2) is 9.18 Å². The number of amides is 1. The van der Waals surface area contributed by atoms with Crippen LogP contribution in [0.5, 0.6) is 0 Å². The van der Waals surface area contributed by atoms with Crippen LogP contribution in [0.15, 0.2) is 42.5 Å². The summed E-state index contributed by atoms with van der Waals surface area (Å²) in [6.07, 6.45) is -4.44. The maximum Gasteiger partial charge on any atom is 0.416 e. The van der Waals surface area contributed by atoms with E-state index in [-0.39, 0.29) is 11.6 Å². The highest BCUT2D eigenvalue weighted by Crippen LogP contribution is 2.29. The molecule has 0 atom stereocenters. The Morgan fingerprint density at radius 3 is 2.35 bits per heavy atom. The van der Waals surface area contributed by atoms with Crippen molar-refractivity contribution in [1.29, 1.82) is 0 Å². The van der Waals surface area contributed by atoms with E-state index in [9.17, 15) is 27.2 Å². The average Bonchev–Trinajstić information content (AvgIpc) is 2.59. The maximum atomic E-state index is 13.5. The molecule has 26 heavy (non-hydrogen) atoms. The normalized spacial score (nSPS) is 11.1. The lowest BCUT2D eigenvalue weighted by Gasteiger charge is -2.09. The second kappa shape index (κ2) is 8.18. The van der Waals surface area contributed by atoms with Gasteiger partial charge in [-0.15, -0.1) is 0 Å². The SMILES string of the molecule is O=C(COC(=O)c1cc(Cl)ccc1F)NCc1ccc(C(F)(F)F)cc1. The molecule has 0 aliphatic carbocycles. The van der Waals surface area contributed by atoms with Gasteiger partial charge in [-0.2, -0.15) is 13.2 Å². The van der Waals surface area contributed by atoms with E-state index in [0.717, 1.165) is 24.3 Å². The van der Waals surface area contributed by atoms with E-state index in [1.165, 1.54) is 18.2 Å². The summed E-state index contributed by atoms with van der Waals surface area (Å²) >= 11 is 5.66. The van der Waals surface area contributed by atoms with Crippen molar-refractivity contribution < 1.29 is 31.9 Å². The van der Waals surface area contributed by atoms with Gasteiger partial charge in [0.25, 0.3) is 5.91 Å². The molecule has 138 valence electrons. The van der Waals surface area contributed by atoms with Gasteiger partial charge in [0.2, 0.25) is 0 Å². The summed E-state index contributed by atoms with van der Waals surface area (Å²) in [4.78, 5) is 23.4. The second-order valence-corrected chi connectivity index (χ2v) is 5.61. The molecule has 1 amide bonds. The molecule has 0 bridgehead atoms. The number of nitrogens with one attached hydrogen (secondary N) is 1. The minimum absolute atomic E-state index is 0.0555. The number of hydrogen-bond acceptors (Lipinski definition) is 3. The number of hydrogen-bond donors (Lipinski definition) is 1. The Morgan fingerprint density at radius 2 is 1.73 bits per heavy atom. The monoisotopic (exact) mass is 389 g/mol. The Kier molecular flexibility index (Phi) is 6.20. The van der Waals surface area contributed by atoms with E-state index >= 15 is 0 Å². The van der Waals surface area contributed by atoms with Crippen molar-refractivity contribution >= 4 is 23.5 Å². The lowest BCUT2D eigenvalue weighted by molar-refractivity contribution is -0.137. The Hall–Kier alpha value is -2.61. The zero-order chi connectivity index (χ0) is 19.3. The Labute approximate surface area is 150 Å². The average molecular weight is 390 g/mol. The molecule has 0 aliphatic rings. The van der Waals surface area contributed by atoms with E-state index in [1.807, 2.05) is 0 Å². The third-order valence-electron chi connectivity index (χ3n) is 3.25. The van der Waals surface area contributed by atoms with Gasteiger partial charge in [0.05, 0.1) is 11.1 Å². The van der Waals surface area contributed by atoms with Crippen molar-refractivity contribution in [3.63, 3.8) is 0 Å². The zero-order valence-electron chi connectivity index (χ0n) is 13.1. The number of ether oxygens (including phenoxy) is 1. The van der Waals surface area contributed by atoms with Gasteiger partial charge in [0, 0.05) is 11.6 Å². The minimum Gasteiger partial charge on any atom is -0.452 e. The number of carbonyl (C=O) groups excluding carboxylic acids is 2. The summed E-state index contributed by atoms with van der Waals surface area (Å²) in [5.41, 5.74) is -0.781. The van der Waals surface area contributed by atoms with Crippen LogP contribution in [-0.2, 0) is 22.3 Å². The van der Waals surface area contributed by atoms with Crippen molar-refractivity contribution in [3.8, 4) is 0 Å². The first-order valence-electron chi connectivity index (χ1n) is 7.22. The minimum atomic E-state index is -4.44. The third kappa shape index (κ3) is 5.45. The number of carbonyl (C=O) groups is 2. The lowest BCUT2D eigenvalue weighted by atomic mass is 10.1. The fourth-order valence-electron chi connectivity index (χ4n) is 1.93. The van der Waals surface area contributed by atoms with Gasteiger partial charge in [-0.1, -0.05) is 23.7 Å². The molecule has 4 nitrogen and oxygen atoms in total. The fraction of sp³-hybridized carbons (Fsp3) is 0.176. The maximum absolute atomic E-state index is 13.5. The number of rotatable bonds is 5. The van der Waals surface area contributed by atoms with Crippen LogP contribution in [-0.4, -0.2) is 18.5 Å². The molecule has 0 aliphatic heterocycles. The van der Waals surface area contributed by atoms with Gasteiger partial charge in [0.15, 0.2) is 6.61 Å². The van der Waals surface area contributed by atoms with E-state index in [1.54, 1.807) is 0 Å². The Balaban J connectivity index is 1.83. The van der Waals surface area contributed by atoms with Crippen molar-refractivity contribution in [2.45, 2.75) is 12.7 Å². The number of esters is 1. The van der Waals surface area contributed by atoms with Crippen LogP contribution in [0, 0.1) is 5.82 Å². The molecule has 0 saturated heterocycles. The quantitative estimate of drug-likeness (QED) is 0.622. The third-order valence-corrected chi connectivity index (χ3v) is 3.49. The first-order chi connectivity index (χ1) is 12.2. The highest BCUT2D eigenvalue weighted by molar-refractivity contribution is 6.30. The summed E-state index contributed by atoms with van der Waals surface area (Å²) in [5, 5.41) is 2.50. The smallest absolute Gasteiger partial charge is 0.416 e. The van der Waals surface area contributed by atoms with Crippen LogP contribution in [0.2, 0.25) is 5.02 Å². The summed E-state index contributed by atoms with van der Waals surface area (Å²) in [6.45, 7) is -0.731. The second-order valence-electron chi connectivity index (χ2n) is 5.17. The Bertz CT molecular complexity index is 807.